The zero-order valence-electron chi connectivity index (χ0n) is 8.63. The van der Waals surface area contributed by atoms with E-state index in [1.165, 1.54) is 0 Å². The Morgan fingerprint density at radius 3 is 2.86 bits per heavy atom. The summed E-state index contributed by atoms with van der Waals surface area (Å²) in [6.45, 7) is 5.97. The van der Waals surface area contributed by atoms with Gasteiger partial charge >= 0.3 is 0 Å². The Balaban J connectivity index is 2.41. The summed E-state index contributed by atoms with van der Waals surface area (Å²) < 4.78 is 4.86. The monoisotopic (exact) mass is 194 g/mol. The van der Waals surface area contributed by atoms with E-state index in [9.17, 15) is 4.79 Å². The summed E-state index contributed by atoms with van der Waals surface area (Å²) in [5.41, 5.74) is 1.71. The molecule has 0 radical (unpaired) electrons. The van der Waals surface area contributed by atoms with Gasteiger partial charge < -0.3 is 9.84 Å². The molecule has 0 unspecified atom stereocenters. The molecule has 4 heteroatoms. The fourth-order valence-corrected chi connectivity index (χ4v) is 0.992. The van der Waals surface area contributed by atoms with E-state index in [0.717, 1.165) is 17.0 Å². The van der Waals surface area contributed by atoms with Crippen LogP contribution in [0.1, 0.15) is 25.3 Å². The summed E-state index contributed by atoms with van der Waals surface area (Å²) in [5, 5.41) is 6.46. The minimum atomic E-state index is -0.106. The lowest BCUT2D eigenvalue weighted by atomic mass is 10.3. The van der Waals surface area contributed by atoms with Crippen LogP contribution < -0.4 is 5.32 Å². The number of carbonyl (C=O) groups is 1. The average Bonchev–Trinajstić information content (AvgIpc) is 2.47. The van der Waals surface area contributed by atoms with Crippen molar-refractivity contribution in [2.75, 3.05) is 0 Å². The molecule has 1 aromatic rings. The van der Waals surface area contributed by atoms with Gasteiger partial charge in [-0.25, -0.2) is 0 Å². The third kappa shape index (κ3) is 3.43. The molecule has 1 N–H and O–H groups in total. The third-order valence-electron chi connectivity index (χ3n) is 1.54. The van der Waals surface area contributed by atoms with E-state index in [4.69, 9.17) is 4.52 Å². The highest BCUT2D eigenvalue weighted by Crippen LogP contribution is 2.00. The Hall–Kier alpha value is -1.58. The molecule has 0 aliphatic rings. The van der Waals surface area contributed by atoms with Crippen LogP contribution in [0.4, 0.5) is 0 Å². The van der Waals surface area contributed by atoms with Crippen molar-refractivity contribution < 1.29 is 9.32 Å². The molecule has 0 aromatic carbocycles. The molecule has 0 saturated carbocycles. The molecule has 4 nitrogen and oxygen atoms in total. The number of nitrogens with zero attached hydrogens (tertiary/aromatic N) is 1. The number of rotatable bonds is 3. The fraction of sp³-hybridized carbons (Fsp3) is 0.400. The van der Waals surface area contributed by atoms with Crippen LogP contribution in [0.5, 0.6) is 0 Å². The second kappa shape index (κ2) is 4.60. The van der Waals surface area contributed by atoms with E-state index < -0.39 is 0 Å². The van der Waals surface area contributed by atoms with E-state index in [1.807, 2.05) is 20.8 Å². The van der Waals surface area contributed by atoms with E-state index >= 15 is 0 Å². The second-order valence-electron chi connectivity index (χ2n) is 3.37. The SMILES string of the molecule is CC(C)=CC(=O)NCc1cc(C)on1. The first-order valence-corrected chi connectivity index (χ1v) is 4.43. The van der Waals surface area contributed by atoms with Gasteiger partial charge in [0.15, 0.2) is 0 Å². The topological polar surface area (TPSA) is 55.1 Å². The van der Waals surface area contributed by atoms with Gasteiger partial charge in [-0.1, -0.05) is 10.7 Å². The van der Waals surface area contributed by atoms with Crippen LogP contribution in [-0.2, 0) is 11.3 Å². The predicted octanol–water partition coefficient (Wildman–Crippen LogP) is 1.57. The number of hydrogen-bond acceptors (Lipinski definition) is 3. The Morgan fingerprint density at radius 2 is 2.36 bits per heavy atom. The molecule has 0 fully saturated rings. The van der Waals surface area contributed by atoms with Gasteiger partial charge in [-0.15, -0.1) is 0 Å². The van der Waals surface area contributed by atoms with Crippen LogP contribution in [-0.4, -0.2) is 11.1 Å². The summed E-state index contributed by atoms with van der Waals surface area (Å²) in [4.78, 5) is 11.2. The standard InChI is InChI=1S/C10H14N2O2/c1-7(2)4-10(13)11-6-9-5-8(3)14-12-9/h4-5H,6H2,1-3H3,(H,11,13). The van der Waals surface area contributed by atoms with Crippen molar-refractivity contribution in [3.8, 4) is 0 Å². The summed E-state index contributed by atoms with van der Waals surface area (Å²) >= 11 is 0. The van der Waals surface area contributed by atoms with Gasteiger partial charge in [0.1, 0.15) is 11.5 Å². The Labute approximate surface area is 83.0 Å². The summed E-state index contributed by atoms with van der Waals surface area (Å²) in [7, 11) is 0. The van der Waals surface area contributed by atoms with Crippen molar-refractivity contribution in [1.29, 1.82) is 0 Å². The molecule has 0 saturated heterocycles. The van der Waals surface area contributed by atoms with Gasteiger partial charge in [0.05, 0.1) is 6.54 Å². The predicted molar refractivity (Wildman–Crippen MR) is 52.5 cm³/mol. The van der Waals surface area contributed by atoms with Crippen molar-refractivity contribution in [1.82, 2.24) is 10.5 Å². The maximum absolute atomic E-state index is 11.2. The quantitative estimate of drug-likeness (QED) is 0.743. The molecule has 1 aromatic heterocycles. The smallest absolute Gasteiger partial charge is 0.244 e. The minimum Gasteiger partial charge on any atom is -0.361 e. The summed E-state index contributed by atoms with van der Waals surface area (Å²) in [6.07, 6.45) is 1.55. The Morgan fingerprint density at radius 1 is 1.64 bits per heavy atom. The highest BCUT2D eigenvalue weighted by atomic mass is 16.5. The molecule has 0 spiro atoms. The van der Waals surface area contributed by atoms with Crippen molar-refractivity contribution in [3.63, 3.8) is 0 Å². The third-order valence-corrected chi connectivity index (χ3v) is 1.54. The molecule has 76 valence electrons. The van der Waals surface area contributed by atoms with Gasteiger partial charge in [-0.3, -0.25) is 4.79 Å². The van der Waals surface area contributed by atoms with Gasteiger partial charge in [0.2, 0.25) is 5.91 Å². The lowest BCUT2D eigenvalue weighted by Crippen LogP contribution is -2.20. The van der Waals surface area contributed by atoms with E-state index in [-0.39, 0.29) is 5.91 Å². The van der Waals surface area contributed by atoms with Gasteiger partial charge in [0.25, 0.3) is 0 Å². The number of amides is 1. The normalized spacial score (nSPS) is 9.64. The molecule has 14 heavy (non-hydrogen) atoms. The molecule has 1 heterocycles. The van der Waals surface area contributed by atoms with Crippen LogP contribution >= 0.6 is 0 Å². The van der Waals surface area contributed by atoms with E-state index in [0.29, 0.717) is 6.54 Å². The maximum Gasteiger partial charge on any atom is 0.244 e. The van der Waals surface area contributed by atoms with Gasteiger partial charge in [-0.05, 0) is 20.8 Å². The molecule has 1 rings (SSSR count). The first kappa shape index (κ1) is 10.5. The van der Waals surface area contributed by atoms with Crippen molar-refractivity contribution in [2.45, 2.75) is 27.3 Å². The first-order valence-electron chi connectivity index (χ1n) is 4.43. The molecule has 0 bridgehead atoms. The number of aromatic nitrogens is 1. The highest BCUT2D eigenvalue weighted by Gasteiger charge is 2.01. The van der Waals surface area contributed by atoms with Crippen molar-refractivity contribution >= 4 is 5.91 Å². The van der Waals surface area contributed by atoms with Crippen molar-refractivity contribution in [3.05, 3.63) is 29.2 Å². The molecule has 0 atom stereocenters. The molecule has 0 aliphatic heterocycles. The zero-order chi connectivity index (χ0) is 10.6. The number of nitrogens with one attached hydrogen (secondary N) is 1. The van der Waals surface area contributed by atoms with Crippen LogP contribution in [0.25, 0.3) is 0 Å². The summed E-state index contributed by atoms with van der Waals surface area (Å²) in [6, 6.07) is 1.79. The Kier molecular flexibility index (Phi) is 3.45. The summed E-state index contributed by atoms with van der Waals surface area (Å²) in [5.74, 6) is 0.641. The minimum absolute atomic E-state index is 0.106. The molecule has 0 aliphatic carbocycles. The number of aryl methyl sites for hydroxylation is 1. The number of hydrogen-bond donors (Lipinski definition) is 1. The largest absolute Gasteiger partial charge is 0.361 e. The zero-order valence-corrected chi connectivity index (χ0v) is 8.63. The molecular weight excluding hydrogens is 180 g/mol. The van der Waals surface area contributed by atoms with Crippen LogP contribution in [0, 0.1) is 6.92 Å². The molecular formula is C10H14N2O2. The second-order valence-corrected chi connectivity index (χ2v) is 3.37. The van der Waals surface area contributed by atoms with Crippen LogP contribution in [0.15, 0.2) is 22.2 Å². The maximum atomic E-state index is 11.2. The van der Waals surface area contributed by atoms with Gasteiger partial charge in [0, 0.05) is 12.1 Å². The number of allylic oxidation sites excluding steroid dienone is 1. The lowest BCUT2D eigenvalue weighted by Gasteiger charge is -1.97. The Bertz CT molecular complexity index is 349. The molecule has 1 amide bonds. The van der Waals surface area contributed by atoms with Crippen molar-refractivity contribution in [2.24, 2.45) is 0 Å². The fourth-order valence-electron chi connectivity index (χ4n) is 0.992. The number of carbonyl (C=O) groups excluding carboxylic acids is 1. The lowest BCUT2D eigenvalue weighted by molar-refractivity contribution is -0.116. The first-order chi connectivity index (χ1) is 6.58. The highest BCUT2D eigenvalue weighted by molar-refractivity contribution is 5.87. The van der Waals surface area contributed by atoms with E-state index in [1.54, 1.807) is 12.1 Å². The van der Waals surface area contributed by atoms with Crippen LogP contribution in [0.3, 0.4) is 0 Å². The van der Waals surface area contributed by atoms with E-state index in [2.05, 4.69) is 10.5 Å². The van der Waals surface area contributed by atoms with Crippen LogP contribution in [0.2, 0.25) is 0 Å². The average molecular weight is 194 g/mol. The van der Waals surface area contributed by atoms with Gasteiger partial charge in [-0.2, -0.15) is 0 Å².